The van der Waals surface area contributed by atoms with Crippen molar-refractivity contribution in [3.63, 3.8) is 0 Å². The molecule has 1 aliphatic rings. The van der Waals surface area contributed by atoms with Crippen LogP contribution in [0, 0.1) is 0 Å². The highest BCUT2D eigenvalue weighted by Crippen LogP contribution is 2.17. The maximum Gasteiger partial charge on any atom is 0.153 e. The van der Waals surface area contributed by atoms with E-state index in [0.29, 0.717) is 17.7 Å². The molecule has 2 atom stereocenters. The Morgan fingerprint density at radius 1 is 1.35 bits per heavy atom. The third-order valence-electron chi connectivity index (χ3n) is 4.12. The lowest BCUT2D eigenvalue weighted by Crippen LogP contribution is -2.39. The van der Waals surface area contributed by atoms with Gasteiger partial charge in [0, 0.05) is 35.6 Å². The molecule has 0 amide bonds. The van der Waals surface area contributed by atoms with Crippen molar-refractivity contribution in [2.45, 2.75) is 50.1 Å². The molecule has 0 saturated carbocycles. The first-order chi connectivity index (χ1) is 11.1. The molecule has 124 valence electrons. The van der Waals surface area contributed by atoms with Gasteiger partial charge in [-0.25, -0.2) is 9.67 Å². The van der Waals surface area contributed by atoms with Crippen molar-refractivity contribution in [1.82, 2.24) is 20.1 Å². The van der Waals surface area contributed by atoms with E-state index in [4.69, 9.17) is 0 Å². The van der Waals surface area contributed by atoms with Gasteiger partial charge in [0.15, 0.2) is 5.82 Å². The lowest BCUT2D eigenvalue weighted by molar-refractivity contribution is 0.365. The summed E-state index contributed by atoms with van der Waals surface area (Å²) in [5, 5.41) is 8.12. The normalized spacial score (nSPS) is 18.8. The van der Waals surface area contributed by atoms with Crippen LogP contribution >= 0.6 is 0 Å². The second kappa shape index (κ2) is 7.36. The Morgan fingerprint density at radius 2 is 2.13 bits per heavy atom. The van der Waals surface area contributed by atoms with Gasteiger partial charge in [-0.05, 0) is 18.6 Å². The standard InChI is InChI=1S/C17H24N4OS/c1-13(2)17-19-16-9-8-14(12-21(16)20-17)18-10-11-23(22)15-6-4-3-5-7-15/h3-7,13-14,18H,8-12H2,1-2H3/t14-,23-/m0/s1. The molecule has 1 aliphatic heterocycles. The van der Waals surface area contributed by atoms with Crippen LogP contribution in [0.25, 0.3) is 0 Å². The fourth-order valence-electron chi connectivity index (χ4n) is 2.79. The lowest BCUT2D eigenvalue weighted by Gasteiger charge is -2.23. The maximum atomic E-state index is 12.2. The number of nitrogens with zero attached hydrogens (tertiary/aromatic N) is 3. The highest BCUT2D eigenvalue weighted by atomic mass is 32.2. The molecule has 2 aromatic rings. The Morgan fingerprint density at radius 3 is 2.87 bits per heavy atom. The second-order valence-electron chi connectivity index (χ2n) is 6.28. The number of aryl methyl sites for hydroxylation is 1. The van der Waals surface area contributed by atoms with Gasteiger partial charge in [-0.2, -0.15) is 5.10 Å². The van der Waals surface area contributed by atoms with Crippen LogP contribution in [0.15, 0.2) is 35.2 Å². The average Bonchev–Trinajstić information content (AvgIpc) is 2.99. The fraction of sp³-hybridized carbons (Fsp3) is 0.529. The molecule has 6 heteroatoms. The number of nitrogens with one attached hydrogen (secondary N) is 1. The summed E-state index contributed by atoms with van der Waals surface area (Å²) in [4.78, 5) is 5.51. The summed E-state index contributed by atoms with van der Waals surface area (Å²) in [7, 11) is -0.932. The maximum absolute atomic E-state index is 12.2. The molecule has 5 nitrogen and oxygen atoms in total. The van der Waals surface area contributed by atoms with E-state index in [1.165, 1.54) is 0 Å². The molecule has 0 bridgehead atoms. The van der Waals surface area contributed by atoms with Crippen LogP contribution in [0.5, 0.6) is 0 Å². The second-order valence-corrected chi connectivity index (χ2v) is 7.85. The summed E-state index contributed by atoms with van der Waals surface area (Å²) in [6.45, 7) is 5.85. The molecule has 0 spiro atoms. The molecule has 1 aromatic carbocycles. The van der Waals surface area contributed by atoms with Gasteiger partial charge in [-0.15, -0.1) is 0 Å². The summed E-state index contributed by atoms with van der Waals surface area (Å²) >= 11 is 0. The molecule has 3 rings (SSSR count). The zero-order valence-electron chi connectivity index (χ0n) is 13.7. The summed E-state index contributed by atoms with van der Waals surface area (Å²) in [5.41, 5.74) is 0. The largest absolute Gasteiger partial charge is 0.311 e. The number of aromatic nitrogens is 3. The highest BCUT2D eigenvalue weighted by Gasteiger charge is 2.22. The molecule has 0 saturated heterocycles. The zero-order chi connectivity index (χ0) is 16.2. The monoisotopic (exact) mass is 332 g/mol. The summed E-state index contributed by atoms with van der Waals surface area (Å²) in [6, 6.07) is 10.0. The number of rotatable bonds is 6. The van der Waals surface area contributed by atoms with E-state index in [1.807, 2.05) is 35.0 Å². The Kier molecular flexibility index (Phi) is 5.23. The van der Waals surface area contributed by atoms with Gasteiger partial charge in [0.05, 0.1) is 17.3 Å². The minimum atomic E-state index is -0.932. The molecule has 0 radical (unpaired) electrons. The van der Waals surface area contributed by atoms with Crippen LogP contribution in [-0.2, 0) is 23.8 Å². The van der Waals surface area contributed by atoms with E-state index < -0.39 is 10.8 Å². The van der Waals surface area contributed by atoms with Gasteiger partial charge in [0.2, 0.25) is 0 Å². The van der Waals surface area contributed by atoms with E-state index in [1.54, 1.807) is 0 Å². The Bertz CT molecular complexity index is 668. The summed E-state index contributed by atoms with van der Waals surface area (Å²) in [5.74, 6) is 3.04. The predicted octanol–water partition coefficient (Wildman–Crippen LogP) is 2.11. The van der Waals surface area contributed by atoms with E-state index >= 15 is 0 Å². The molecular weight excluding hydrogens is 308 g/mol. The van der Waals surface area contributed by atoms with Crippen LogP contribution in [-0.4, -0.2) is 37.3 Å². The molecule has 0 aliphatic carbocycles. The minimum absolute atomic E-state index is 0.368. The van der Waals surface area contributed by atoms with Crippen molar-refractivity contribution in [2.24, 2.45) is 0 Å². The Balaban J connectivity index is 1.49. The lowest BCUT2D eigenvalue weighted by atomic mass is 10.1. The van der Waals surface area contributed by atoms with Crippen molar-refractivity contribution in [3.8, 4) is 0 Å². The third-order valence-corrected chi connectivity index (χ3v) is 5.49. The topological polar surface area (TPSA) is 59.8 Å². The number of hydrogen-bond donors (Lipinski definition) is 1. The van der Waals surface area contributed by atoms with Crippen LogP contribution in [0.3, 0.4) is 0 Å². The van der Waals surface area contributed by atoms with Gasteiger partial charge in [-0.3, -0.25) is 4.21 Å². The quantitative estimate of drug-likeness (QED) is 0.880. The molecule has 1 aromatic heterocycles. The SMILES string of the molecule is CC(C)c1nc2n(n1)C[C@@H](NCC[S@](=O)c1ccccc1)CC2. The van der Waals surface area contributed by atoms with Gasteiger partial charge >= 0.3 is 0 Å². The molecule has 1 N–H and O–H groups in total. The van der Waals surface area contributed by atoms with E-state index in [0.717, 1.165) is 42.5 Å². The Hall–Kier alpha value is -1.53. The van der Waals surface area contributed by atoms with Crippen LogP contribution in [0.4, 0.5) is 0 Å². The zero-order valence-corrected chi connectivity index (χ0v) is 14.6. The van der Waals surface area contributed by atoms with Gasteiger partial charge in [0.1, 0.15) is 5.82 Å². The van der Waals surface area contributed by atoms with Crippen molar-refractivity contribution in [1.29, 1.82) is 0 Å². The van der Waals surface area contributed by atoms with E-state index in [9.17, 15) is 4.21 Å². The minimum Gasteiger partial charge on any atom is -0.311 e. The van der Waals surface area contributed by atoms with Gasteiger partial charge in [0.25, 0.3) is 0 Å². The number of hydrogen-bond acceptors (Lipinski definition) is 4. The number of benzene rings is 1. The Labute approximate surface area is 140 Å². The average molecular weight is 332 g/mol. The fourth-order valence-corrected chi connectivity index (χ4v) is 3.78. The van der Waals surface area contributed by atoms with Gasteiger partial charge < -0.3 is 5.32 Å². The molecule has 0 fully saturated rings. The van der Waals surface area contributed by atoms with Crippen LogP contribution < -0.4 is 5.32 Å². The number of fused-ring (bicyclic) bond motifs is 1. The smallest absolute Gasteiger partial charge is 0.153 e. The van der Waals surface area contributed by atoms with E-state index in [2.05, 4.69) is 29.2 Å². The summed E-state index contributed by atoms with van der Waals surface area (Å²) < 4.78 is 14.2. The van der Waals surface area contributed by atoms with Crippen molar-refractivity contribution < 1.29 is 4.21 Å². The predicted molar refractivity (Wildman–Crippen MR) is 91.9 cm³/mol. The first-order valence-corrected chi connectivity index (χ1v) is 9.56. The van der Waals surface area contributed by atoms with Gasteiger partial charge in [-0.1, -0.05) is 32.0 Å². The van der Waals surface area contributed by atoms with Crippen molar-refractivity contribution >= 4 is 10.8 Å². The van der Waals surface area contributed by atoms with Crippen LogP contribution in [0.1, 0.15) is 37.8 Å². The molecule has 0 unspecified atom stereocenters. The van der Waals surface area contributed by atoms with Crippen molar-refractivity contribution in [3.05, 3.63) is 42.0 Å². The first kappa shape index (κ1) is 16.3. The molecule has 2 heterocycles. The van der Waals surface area contributed by atoms with Crippen molar-refractivity contribution in [2.75, 3.05) is 12.3 Å². The van der Waals surface area contributed by atoms with E-state index in [-0.39, 0.29) is 0 Å². The van der Waals surface area contributed by atoms with Crippen LogP contribution in [0.2, 0.25) is 0 Å². The summed E-state index contributed by atoms with van der Waals surface area (Å²) in [6.07, 6.45) is 2.02. The first-order valence-electron chi connectivity index (χ1n) is 8.24. The molecule has 23 heavy (non-hydrogen) atoms. The third kappa shape index (κ3) is 4.06. The highest BCUT2D eigenvalue weighted by molar-refractivity contribution is 7.85. The molecular formula is C17H24N4OS.